The quantitative estimate of drug-likeness (QED) is 0.151. The maximum Gasteiger partial charge on any atom is 0.338 e. The van der Waals surface area contributed by atoms with Gasteiger partial charge < -0.3 is 23.5 Å². The summed E-state index contributed by atoms with van der Waals surface area (Å²) in [7, 11) is 3.10. The maximum absolute atomic E-state index is 14.6. The van der Waals surface area contributed by atoms with Gasteiger partial charge in [0.15, 0.2) is 4.80 Å². The van der Waals surface area contributed by atoms with E-state index in [0.29, 0.717) is 56.6 Å². The molecule has 0 N–H and O–H groups in total. The third kappa shape index (κ3) is 6.55. The third-order valence-corrected chi connectivity index (χ3v) is 9.61. The van der Waals surface area contributed by atoms with E-state index in [9.17, 15) is 14.0 Å². The number of thiazole rings is 1. The molecule has 258 valence electrons. The molecule has 0 amide bonds. The highest BCUT2D eigenvalue weighted by atomic mass is 32.1. The first-order valence-corrected chi connectivity index (χ1v) is 17.2. The predicted molar refractivity (Wildman–Crippen MR) is 194 cm³/mol. The number of benzene rings is 4. The Kier molecular flexibility index (Phi) is 9.54. The second kappa shape index (κ2) is 14.5. The van der Waals surface area contributed by atoms with Gasteiger partial charge >= 0.3 is 5.97 Å². The van der Waals surface area contributed by atoms with Crippen molar-refractivity contribution in [2.45, 2.75) is 19.5 Å². The van der Waals surface area contributed by atoms with Crippen LogP contribution in [0.2, 0.25) is 0 Å². The number of ether oxygens (including phenoxy) is 4. The smallest absolute Gasteiger partial charge is 0.338 e. The Labute approximate surface area is 296 Å². The van der Waals surface area contributed by atoms with Crippen LogP contribution < -0.4 is 29.1 Å². The molecule has 2 aromatic heterocycles. The number of esters is 1. The monoisotopic (exact) mass is 703 g/mol. The van der Waals surface area contributed by atoms with E-state index in [4.69, 9.17) is 23.9 Å². The number of methoxy groups -OCH3 is 2. The average molecular weight is 704 g/mol. The Balaban J connectivity index is 1.40. The van der Waals surface area contributed by atoms with Gasteiger partial charge in [-0.15, -0.1) is 0 Å². The minimum absolute atomic E-state index is 0.135. The molecule has 1 aliphatic heterocycles. The average Bonchev–Trinajstić information content (AvgIpc) is 3.67. The number of fused-ring (bicyclic) bond motifs is 2. The summed E-state index contributed by atoms with van der Waals surface area (Å²) < 4.78 is 40.3. The summed E-state index contributed by atoms with van der Waals surface area (Å²) in [5.41, 5.74) is 3.36. The van der Waals surface area contributed by atoms with Crippen LogP contribution >= 0.6 is 11.3 Å². The molecule has 1 aliphatic rings. The molecule has 0 radical (unpaired) electrons. The topological polar surface area (TPSA) is 93.3 Å². The van der Waals surface area contributed by atoms with Crippen molar-refractivity contribution in [3.8, 4) is 17.2 Å². The lowest BCUT2D eigenvalue weighted by molar-refractivity contribution is -0.138. The molecule has 9 nitrogen and oxygen atoms in total. The zero-order valence-electron chi connectivity index (χ0n) is 28.2. The molecule has 0 saturated carbocycles. The number of hydrogen-bond acceptors (Lipinski definition) is 8. The highest BCUT2D eigenvalue weighted by Crippen LogP contribution is 2.40. The fourth-order valence-electron chi connectivity index (χ4n) is 6.30. The summed E-state index contributed by atoms with van der Waals surface area (Å²) in [6.45, 7) is 2.75. The van der Waals surface area contributed by atoms with Crippen molar-refractivity contribution in [1.29, 1.82) is 0 Å². The van der Waals surface area contributed by atoms with Crippen LogP contribution in [0, 0.1) is 5.82 Å². The molecule has 6 aromatic rings. The number of para-hydroxylation sites is 1. The largest absolute Gasteiger partial charge is 0.497 e. The Morgan fingerprint density at radius 2 is 1.69 bits per heavy atom. The summed E-state index contributed by atoms with van der Waals surface area (Å²) in [6.07, 6.45) is 3.85. The van der Waals surface area contributed by atoms with Gasteiger partial charge in [-0.25, -0.2) is 14.2 Å². The first kappa shape index (κ1) is 33.6. The van der Waals surface area contributed by atoms with Crippen molar-refractivity contribution in [2.75, 3.05) is 27.4 Å². The van der Waals surface area contributed by atoms with Crippen LogP contribution in [-0.4, -0.2) is 42.5 Å². The lowest BCUT2D eigenvalue weighted by Crippen LogP contribution is -2.40. The number of rotatable bonds is 11. The Hall–Kier alpha value is -5.94. The van der Waals surface area contributed by atoms with E-state index >= 15 is 0 Å². The minimum Gasteiger partial charge on any atom is -0.497 e. The Morgan fingerprint density at radius 3 is 2.43 bits per heavy atom. The minimum atomic E-state index is -0.937. The Morgan fingerprint density at radius 1 is 0.941 bits per heavy atom. The van der Waals surface area contributed by atoms with Crippen LogP contribution in [0.3, 0.4) is 0 Å². The Bertz CT molecular complexity index is 2450. The molecule has 51 heavy (non-hydrogen) atoms. The molecule has 3 heterocycles. The van der Waals surface area contributed by atoms with E-state index in [1.54, 1.807) is 56.0 Å². The molecule has 0 spiro atoms. The van der Waals surface area contributed by atoms with Crippen molar-refractivity contribution in [3.63, 3.8) is 0 Å². The zero-order chi connectivity index (χ0) is 35.5. The molecular formula is C40H34FN3O6S. The third-order valence-electron chi connectivity index (χ3n) is 8.63. The molecule has 0 bridgehead atoms. The highest BCUT2D eigenvalue weighted by Gasteiger charge is 2.37. The number of carbonyl (C=O) groups is 1. The predicted octanol–water partition coefficient (Wildman–Crippen LogP) is 6.13. The van der Waals surface area contributed by atoms with Crippen molar-refractivity contribution in [2.24, 2.45) is 4.99 Å². The summed E-state index contributed by atoms with van der Waals surface area (Å²) in [5.74, 6) is 0.669. The molecule has 0 saturated heterocycles. The van der Waals surface area contributed by atoms with E-state index in [1.807, 2.05) is 66.9 Å². The van der Waals surface area contributed by atoms with Crippen molar-refractivity contribution in [3.05, 3.63) is 151 Å². The zero-order valence-corrected chi connectivity index (χ0v) is 29.0. The molecule has 0 fully saturated rings. The fraction of sp³-hybridized carbons (Fsp3) is 0.175. The SMILES string of the molecule is CCOC(=O)C1=C(c2ccccc2)N=c2s/c(=C\c3cn(CCOc4ccc(F)cc4)c4ccccc34)c(=O)n2C1c1cc(OC)ccc1OC. The lowest BCUT2D eigenvalue weighted by Gasteiger charge is -2.27. The van der Waals surface area contributed by atoms with Crippen LogP contribution in [0.1, 0.15) is 29.7 Å². The summed E-state index contributed by atoms with van der Waals surface area (Å²) in [4.78, 5) is 33.9. The summed E-state index contributed by atoms with van der Waals surface area (Å²) in [6, 6.07) is 27.6. The lowest BCUT2D eigenvalue weighted by atomic mass is 9.92. The van der Waals surface area contributed by atoms with Crippen LogP contribution in [0.5, 0.6) is 17.2 Å². The van der Waals surface area contributed by atoms with Crippen LogP contribution in [0.4, 0.5) is 4.39 Å². The van der Waals surface area contributed by atoms with Crippen LogP contribution in [-0.2, 0) is 16.1 Å². The van der Waals surface area contributed by atoms with Gasteiger partial charge in [-0.05, 0) is 61.5 Å². The van der Waals surface area contributed by atoms with Gasteiger partial charge in [0.1, 0.15) is 35.7 Å². The van der Waals surface area contributed by atoms with Gasteiger partial charge in [0.05, 0.1) is 43.2 Å². The maximum atomic E-state index is 14.6. The molecule has 1 atom stereocenters. The summed E-state index contributed by atoms with van der Waals surface area (Å²) in [5, 5.41) is 0.952. The van der Waals surface area contributed by atoms with Gasteiger partial charge in [-0.2, -0.15) is 0 Å². The number of aromatic nitrogens is 2. The van der Waals surface area contributed by atoms with Gasteiger partial charge in [-0.3, -0.25) is 9.36 Å². The van der Waals surface area contributed by atoms with E-state index in [2.05, 4.69) is 4.57 Å². The summed E-state index contributed by atoms with van der Waals surface area (Å²) >= 11 is 1.24. The van der Waals surface area contributed by atoms with Gasteiger partial charge in [-0.1, -0.05) is 59.9 Å². The van der Waals surface area contributed by atoms with Crippen molar-refractivity contribution >= 4 is 40.0 Å². The van der Waals surface area contributed by atoms with Gasteiger partial charge in [0.2, 0.25) is 0 Å². The highest BCUT2D eigenvalue weighted by molar-refractivity contribution is 7.07. The molecule has 1 unspecified atom stereocenters. The first-order chi connectivity index (χ1) is 24.9. The van der Waals surface area contributed by atoms with E-state index in [0.717, 1.165) is 16.5 Å². The molecular weight excluding hydrogens is 670 g/mol. The number of halogens is 1. The molecule has 11 heteroatoms. The molecule has 7 rings (SSSR count). The second-order valence-corrected chi connectivity index (χ2v) is 12.6. The number of hydrogen-bond donors (Lipinski definition) is 0. The van der Waals surface area contributed by atoms with E-state index in [-0.39, 0.29) is 23.6 Å². The van der Waals surface area contributed by atoms with Gasteiger partial charge in [0.25, 0.3) is 5.56 Å². The molecule has 4 aromatic carbocycles. The fourth-order valence-corrected chi connectivity index (χ4v) is 7.29. The van der Waals surface area contributed by atoms with Crippen molar-refractivity contribution < 1.29 is 28.1 Å². The van der Waals surface area contributed by atoms with E-state index in [1.165, 1.54) is 23.5 Å². The van der Waals surface area contributed by atoms with E-state index < -0.39 is 12.0 Å². The number of nitrogens with zero attached hydrogens (tertiary/aromatic N) is 3. The van der Waals surface area contributed by atoms with Gasteiger partial charge in [0, 0.05) is 33.8 Å². The normalized spacial score (nSPS) is 14.3. The van der Waals surface area contributed by atoms with Crippen LogP contribution in [0.25, 0.3) is 22.7 Å². The second-order valence-electron chi connectivity index (χ2n) is 11.6. The van der Waals surface area contributed by atoms with Crippen LogP contribution in [0.15, 0.2) is 119 Å². The number of carbonyl (C=O) groups excluding carboxylic acids is 1. The standard InChI is InChI=1S/C40H34FN3O6S/c1-4-49-39(46)35-36(25-10-6-5-7-11-25)42-40-44(37(35)31-23-29(47-2)18-19-33(31)48-3)38(45)34(51-40)22-26-24-43(32-13-9-8-12-30(26)32)20-21-50-28-16-14-27(41)15-17-28/h5-19,22-24,37H,4,20-21H2,1-3H3/b34-22-. The first-order valence-electron chi connectivity index (χ1n) is 16.4. The molecule has 0 aliphatic carbocycles. The van der Waals surface area contributed by atoms with Crippen molar-refractivity contribution in [1.82, 2.24) is 9.13 Å².